The van der Waals surface area contributed by atoms with E-state index in [0.717, 1.165) is 0 Å². The fourth-order valence-electron chi connectivity index (χ4n) is 2.89. The predicted octanol–water partition coefficient (Wildman–Crippen LogP) is 3.50. The highest BCUT2D eigenvalue weighted by Gasteiger charge is 2.36. The Kier molecular flexibility index (Phi) is 6.02. The molecule has 28 heavy (non-hydrogen) atoms. The van der Waals surface area contributed by atoms with Crippen LogP contribution in [0.5, 0.6) is 5.75 Å². The Balaban J connectivity index is 2.36. The quantitative estimate of drug-likeness (QED) is 0.424. The van der Waals surface area contributed by atoms with Crippen molar-refractivity contribution in [2.45, 2.75) is 34.1 Å². The van der Waals surface area contributed by atoms with Crippen LogP contribution in [0.1, 0.15) is 54.8 Å². The van der Waals surface area contributed by atoms with Gasteiger partial charge in [-0.05, 0) is 39.3 Å². The summed E-state index contributed by atoms with van der Waals surface area (Å²) in [4.78, 5) is 50.0. The zero-order valence-corrected chi connectivity index (χ0v) is 16.8. The van der Waals surface area contributed by atoms with E-state index in [9.17, 15) is 19.2 Å². The molecule has 0 spiro atoms. The molecule has 0 bridgehead atoms. The zero-order valence-electron chi connectivity index (χ0n) is 16.8. The Labute approximate surface area is 164 Å². The molecule has 2 rings (SSSR count). The molecule has 0 saturated heterocycles. The van der Waals surface area contributed by atoms with Gasteiger partial charge in [0.15, 0.2) is 11.6 Å². The number of Topliss-reactive ketones (excluding diaryl/α,β-unsaturated/α-hetero) is 3. The van der Waals surface area contributed by atoms with Gasteiger partial charge in [-0.2, -0.15) is 0 Å². The molecule has 1 aliphatic rings. The third-order valence-corrected chi connectivity index (χ3v) is 4.32. The summed E-state index contributed by atoms with van der Waals surface area (Å²) in [6, 6.07) is 4.70. The molecular weight excluding hydrogens is 360 g/mol. The summed E-state index contributed by atoms with van der Waals surface area (Å²) >= 11 is 0. The van der Waals surface area contributed by atoms with Crippen molar-refractivity contribution in [1.82, 2.24) is 0 Å². The van der Waals surface area contributed by atoms with E-state index in [4.69, 9.17) is 9.47 Å². The van der Waals surface area contributed by atoms with Crippen molar-refractivity contribution in [2.24, 2.45) is 5.41 Å². The van der Waals surface area contributed by atoms with Crippen LogP contribution in [0, 0.1) is 5.41 Å². The van der Waals surface area contributed by atoms with E-state index in [-0.39, 0.29) is 41.1 Å². The van der Waals surface area contributed by atoms with Crippen LogP contribution < -0.4 is 4.74 Å². The molecule has 0 N–H and O–H groups in total. The lowest BCUT2D eigenvalue weighted by Gasteiger charge is -2.22. The van der Waals surface area contributed by atoms with E-state index in [1.807, 2.05) is 0 Å². The molecule has 1 aromatic carbocycles. The summed E-state index contributed by atoms with van der Waals surface area (Å²) < 4.78 is 10.4. The molecule has 0 radical (unpaired) electrons. The number of allylic oxidation sites excluding steroid dienone is 2. The van der Waals surface area contributed by atoms with Gasteiger partial charge in [-0.25, -0.2) is 0 Å². The second kappa shape index (κ2) is 7.92. The van der Waals surface area contributed by atoms with Crippen LogP contribution in [-0.4, -0.2) is 37.0 Å². The number of ether oxygens (including phenoxy) is 2. The lowest BCUT2D eigenvalue weighted by atomic mass is 9.80. The summed E-state index contributed by atoms with van der Waals surface area (Å²) in [5, 5.41) is 0. The lowest BCUT2D eigenvalue weighted by Crippen LogP contribution is -2.27. The lowest BCUT2D eigenvalue weighted by molar-refractivity contribution is -0.151. The second-order valence-corrected chi connectivity index (χ2v) is 7.70. The van der Waals surface area contributed by atoms with Crippen molar-refractivity contribution in [3.05, 3.63) is 52.6 Å². The molecule has 148 valence electrons. The van der Waals surface area contributed by atoms with Crippen LogP contribution in [0.25, 0.3) is 0 Å². The van der Waals surface area contributed by atoms with Crippen LogP contribution in [-0.2, 0) is 14.3 Å². The molecule has 0 aliphatic heterocycles. The number of benzene rings is 1. The average Bonchev–Trinajstić information content (AvgIpc) is 2.62. The second-order valence-electron chi connectivity index (χ2n) is 7.70. The number of hydrogen-bond donors (Lipinski definition) is 0. The zero-order chi connectivity index (χ0) is 21.2. The highest BCUT2D eigenvalue weighted by Crippen LogP contribution is 2.35. The summed E-state index contributed by atoms with van der Waals surface area (Å²) in [6.45, 7) is 10.1. The number of hydrogen-bond acceptors (Lipinski definition) is 6. The summed E-state index contributed by atoms with van der Waals surface area (Å²) in [5.41, 5.74) is -0.0901. The first-order valence-corrected chi connectivity index (χ1v) is 8.83. The minimum atomic E-state index is -0.670. The van der Waals surface area contributed by atoms with Crippen molar-refractivity contribution >= 4 is 23.3 Å². The number of rotatable bonds is 6. The Morgan fingerprint density at radius 2 is 1.75 bits per heavy atom. The molecule has 6 nitrogen and oxygen atoms in total. The Bertz CT molecular complexity index is 911. The molecule has 1 aromatic rings. The highest BCUT2D eigenvalue weighted by molar-refractivity contribution is 6.37. The maximum atomic E-state index is 13.0. The van der Waals surface area contributed by atoms with Gasteiger partial charge < -0.3 is 9.47 Å². The van der Waals surface area contributed by atoms with E-state index >= 15 is 0 Å². The highest BCUT2D eigenvalue weighted by atomic mass is 16.5. The minimum absolute atomic E-state index is 0.0342. The van der Waals surface area contributed by atoms with Gasteiger partial charge in [0.25, 0.3) is 0 Å². The molecule has 0 atom stereocenters. The number of fused-ring (bicyclic) bond motifs is 1. The van der Waals surface area contributed by atoms with Crippen molar-refractivity contribution < 1.29 is 28.7 Å². The summed E-state index contributed by atoms with van der Waals surface area (Å²) in [7, 11) is 1.39. The van der Waals surface area contributed by atoms with Gasteiger partial charge in [-0.1, -0.05) is 18.7 Å². The maximum Gasteiger partial charge on any atom is 0.311 e. The van der Waals surface area contributed by atoms with Gasteiger partial charge in [0, 0.05) is 17.6 Å². The van der Waals surface area contributed by atoms with E-state index in [1.54, 1.807) is 32.9 Å². The van der Waals surface area contributed by atoms with Crippen LogP contribution in [0.3, 0.4) is 0 Å². The van der Waals surface area contributed by atoms with E-state index < -0.39 is 28.7 Å². The molecule has 1 aliphatic carbocycles. The number of ketones is 3. The maximum absolute atomic E-state index is 13.0. The fourth-order valence-corrected chi connectivity index (χ4v) is 2.89. The molecule has 0 amide bonds. The number of carbonyl (C=O) groups is 4. The van der Waals surface area contributed by atoms with Crippen LogP contribution in [0.15, 0.2) is 41.5 Å². The van der Waals surface area contributed by atoms with Gasteiger partial charge in [0.1, 0.15) is 12.4 Å². The molecule has 0 fully saturated rings. The normalized spacial score (nSPS) is 13.9. The third kappa shape index (κ3) is 4.11. The van der Waals surface area contributed by atoms with Crippen molar-refractivity contribution in [3.8, 4) is 5.75 Å². The molecule has 0 heterocycles. The van der Waals surface area contributed by atoms with Crippen LogP contribution in [0.4, 0.5) is 0 Å². The third-order valence-electron chi connectivity index (χ3n) is 4.32. The minimum Gasteiger partial charge on any atom is -0.496 e. The SMILES string of the molecule is C=C(COC(=O)C(C)(C)C)CC1=C(C(C)=O)C(=O)c2c(OC)cccc2C1=O. The van der Waals surface area contributed by atoms with Gasteiger partial charge >= 0.3 is 5.97 Å². The molecule has 6 heteroatoms. The van der Waals surface area contributed by atoms with Gasteiger partial charge in [0.2, 0.25) is 5.78 Å². The summed E-state index contributed by atoms with van der Waals surface area (Å²) in [6.07, 6.45) is -0.0342. The Hall–Kier alpha value is -3.02. The number of esters is 1. The van der Waals surface area contributed by atoms with Crippen molar-refractivity contribution in [2.75, 3.05) is 13.7 Å². The number of carbonyl (C=O) groups excluding carboxylic acids is 4. The summed E-state index contributed by atoms with van der Waals surface area (Å²) in [5.74, 6) is -1.65. The van der Waals surface area contributed by atoms with Crippen LogP contribution in [0.2, 0.25) is 0 Å². The topological polar surface area (TPSA) is 86.7 Å². The predicted molar refractivity (Wildman–Crippen MR) is 104 cm³/mol. The largest absolute Gasteiger partial charge is 0.496 e. The number of methoxy groups -OCH3 is 1. The first-order valence-electron chi connectivity index (χ1n) is 8.83. The smallest absolute Gasteiger partial charge is 0.311 e. The monoisotopic (exact) mass is 384 g/mol. The molecular formula is C22H24O6. The standard InChI is InChI=1S/C22H24O6/c1-12(11-28-21(26)22(3,4)5)10-15-17(13(2)23)20(25)18-14(19(15)24)8-7-9-16(18)27-6/h7-9H,1,10-11H2,2-6H3. The van der Waals surface area contributed by atoms with Crippen molar-refractivity contribution in [1.29, 1.82) is 0 Å². The molecule has 0 unspecified atom stereocenters. The Morgan fingerprint density at radius 3 is 2.29 bits per heavy atom. The van der Waals surface area contributed by atoms with Gasteiger partial charge in [-0.15, -0.1) is 0 Å². The molecule has 0 aromatic heterocycles. The van der Waals surface area contributed by atoms with Crippen LogP contribution >= 0.6 is 0 Å². The van der Waals surface area contributed by atoms with E-state index in [2.05, 4.69) is 6.58 Å². The first-order chi connectivity index (χ1) is 13.0. The van der Waals surface area contributed by atoms with E-state index in [0.29, 0.717) is 5.57 Å². The van der Waals surface area contributed by atoms with Crippen molar-refractivity contribution in [3.63, 3.8) is 0 Å². The van der Waals surface area contributed by atoms with Gasteiger partial charge in [-0.3, -0.25) is 19.2 Å². The average molecular weight is 384 g/mol. The molecule has 0 saturated carbocycles. The van der Waals surface area contributed by atoms with E-state index in [1.165, 1.54) is 20.1 Å². The first kappa shape index (κ1) is 21.3. The fraction of sp³-hybridized carbons (Fsp3) is 0.364. The Morgan fingerprint density at radius 1 is 1.11 bits per heavy atom. The van der Waals surface area contributed by atoms with Gasteiger partial charge in [0.05, 0.1) is 23.7 Å².